The molecular weight excluding hydrogens is 292 g/mol. The van der Waals surface area contributed by atoms with E-state index in [2.05, 4.69) is 46.1 Å². The molecule has 0 saturated carbocycles. The Bertz CT molecular complexity index is 389. The zero-order chi connectivity index (χ0) is 13.0. The van der Waals surface area contributed by atoms with Crippen molar-refractivity contribution < 1.29 is 4.74 Å². The summed E-state index contributed by atoms with van der Waals surface area (Å²) in [5.41, 5.74) is 7.96. The average Bonchev–Trinajstić information content (AvgIpc) is 2.39. The molecule has 18 heavy (non-hydrogen) atoms. The molecule has 1 fully saturated rings. The molecular formula is C14H21BrN2O. The number of halogens is 1. The molecule has 3 nitrogen and oxygen atoms in total. The van der Waals surface area contributed by atoms with Crippen molar-refractivity contribution in [2.24, 2.45) is 5.73 Å². The van der Waals surface area contributed by atoms with Crippen LogP contribution in [0.25, 0.3) is 0 Å². The highest BCUT2D eigenvalue weighted by molar-refractivity contribution is 9.10. The Labute approximate surface area is 117 Å². The lowest BCUT2D eigenvalue weighted by molar-refractivity contribution is 0.00191. The van der Waals surface area contributed by atoms with E-state index in [0.29, 0.717) is 19.3 Å². The molecule has 0 aliphatic carbocycles. The summed E-state index contributed by atoms with van der Waals surface area (Å²) in [5, 5.41) is 0. The Kier molecular flexibility index (Phi) is 5.18. The van der Waals surface area contributed by atoms with E-state index in [0.717, 1.165) is 36.0 Å². The van der Waals surface area contributed by atoms with E-state index in [9.17, 15) is 0 Å². The zero-order valence-corrected chi connectivity index (χ0v) is 12.4. The first-order chi connectivity index (χ1) is 8.69. The lowest BCUT2D eigenvalue weighted by atomic mass is 10.1. The van der Waals surface area contributed by atoms with Crippen LogP contribution in [-0.4, -0.2) is 31.1 Å². The molecule has 1 aromatic rings. The molecule has 1 heterocycles. The van der Waals surface area contributed by atoms with E-state index in [1.165, 1.54) is 5.56 Å². The highest BCUT2D eigenvalue weighted by Crippen LogP contribution is 2.21. The first-order valence-corrected chi connectivity index (χ1v) is 7.26. The fourth-order valence-electron chi connectivity index (χ4n) is 2.19. The van der Waals surface area contributed by atoms with Crippen LogP contribution in [0.2, 0.25) is 0 Å². The molecule has 1 saturated heterocycles. The first kappa shape index (κ1) is 14.0. The molecule has 2 rings (SSSR count). The molecule has 4 heteroatoms. The van der Waals surface area contributed by atoms with E-state index in [1.54, 1.807) is 0 Å². The number of likely N-dealkylation sites (tertiary alicyclic amines) is 1. The van der Waals surface area contributed by atoms with E-state index >= 15 is 0 Å². The predicted octanol–water partition coefficient (Wildman–Crippen LogP) is 2.52. The van der Waals surface area contributed by atoms with Crippen molar-refractivity contribution in [1.29, 1.82) is 0 Å². The normalized spacial score (nSPS) is 18.2. The van der Waals surface area contributed by atoms with Crippen LogP contribution in [0.5, 0.6) is 0 Å². The summed E-state index contributed by atoms with van der Waals surface area (Å²) >= 11 is 3.58. The molecule has 0 radical (unpaired) electrons. The third kappa shape index (κ3) is 3.79. The van der Waals surface area contributed by atoms with Gasteiger partial charge in [0.1, 0.15) is 0 Å². The van der Waals surface area contributed by atoms with Gasteiger partial charge in [0.15, 0.2) is 0 Å². The third-order valence-corrected chi connectivity index (χ3v) is 4.23. The Morgan fingerprint density at radius 1 is 1.39 bits per heavy atom. The maximum absolute atomic E-state index is 5.98. The number of nitrogens with zero attached hydrogens (tertiary/aromatic N) is 1. The lowest BCUT2D eigenvalue weighted by Crippen LogP contribution is -2.34. The average molecular weight is 313 g/mol. The molecule has 1 aromatic carbocycles. The van der Waals surface area contributed by atoms with Crippen LogP contribution in [0.4, 0.5) is 0 Å². The van der Waals surface area contributed by atoms with Crippen LogP contribution in [0.3, 0.4) is 0 Å². The number of benzene rings is 1. The number of rotatable bonds is 4. The van der Waals surface area contributed by atoms with E-state index < -0.39 is 0 Å². The lowest BCUT2D eigenvalue weighted by Gasteiger charge is -2.29. The van der Waals surface area contributed by atoms with Gasteiger partial charge in [-0.25, -0.2) is 0 Å². The van der Waals surface area contributed by atoms with Gasteiger partial charge in [0.2, 0.25) is 0 Å². The van der Waals surface area contributed by atoms with Gasteiger partial charge < -0.3 is 15.4 Å². The van der Waals surface area contributed by atoms with Crippen molar-refractivity contribution >= 4 is 15.9 Å². The Morgan fingerprint density at radius 2 is 2.11 bits per heavy atom. The summed E-state index contributed by atoms with van der Waals surface area (Å²) in [6.45, 7) is 3.53. The quantitative estimate of drug-likeness (QED) is 0.928. The molecule has 0 spiro atoms. The monoisotopic (exact) mass is 312 g/mol. The fraction of sp³-hybridized carbons (Fsp3) is 0.571. The van der Waals surface area contributed by atoms with E-state index in [-0.39, 0.29) is 0 Å². The van der Waals surface area contributed by atoms with Crippen LogP contribution < -0.4 is 5.73 Å². The Morgan fingerprint density at radius 3 is 2.72 bits per heavy atom. The number of hydrogen-bond acceptors (Lipinski definition) is 3. The van der Waals surface area contributed by atoms with Gasteiger partial charge in [-0.3, -0.25) is 0 Å². The number of hydrogen-bond donors (Lipinski definition) is 1. The second-order valence-corrected chi connectivity index (χ2v) is 5.80. The van der Waals surface area contributed by atoms with Gasteiger partial charge >= 0.3 is 0 Å². The molecule has 1 aliphatic heterocycles. The van der Waals surface area contributed by atoms with Gasteiger partial charge in [-0.2, -0.15) is 0 Å². The molecule has 1 aliphatic rings. The first-order valence-electron chi connectivity index (χ1n) is 6.46. The van der Waals surface area contributed by atoms with Crippen molar-refractivity contribution in [2.45, 2.75) is 32.1 Å². The second-order valence-electron chi connectivity index (χ2n) is 4.94. The van der Waals surface area contributed by atoms with Crippen molar-refractivity contribution in [3.8, 4) is 0 Å². The number of nitrogens with two attached hydrogens (primary N) is 1. The standard InChI is InChI=1S/C14H21BrN2O/c1-17-6-4-13(5-7-17)18-10-12-3-2-11(9-16)8-14(12)15/h2-3,8,13H,4-7,9-10,16H2,1H3. The molecule has 100 valence electrons. The van der Waals surface area contributed by atoms with Gasteiger partial charge in [-0.15, -0.1) is 0 Å². The van der Waals surface area contributed by atoms with Gasteiger partial charge in [0.05, 0.1) is 12.7 Å². The molecule has 2 N–H and O–H groups in total. The summed E-state index contributed by atoms with van der Waals surface area (Å²) in [6.07, 6.45) is 2.67. The van der Waals surface area contributed by atoms with Crippen molar-refractivity contribution in [2.75, 3.05) is 20.1 Å². The molecule has 0 unspecified atom stereocenters. The highest BCUT2D eigenvalue weighted by atomic mass is 79.9. The smallest absolute Gasteiger partial charge is 0.0731 e. The Balaban J connectivity index is 1.86. The van der Waals surface area contributed by atoms with Crippen LogP contribution in [0, 0.1) is 0 Å². The van der Waals surface area contributed by atoms with Crippen molar-refractivity contribution in [1.82, 2.24) is 4.90 Å². The van der Waals surface area contributed by atoms with Gasteiger partial charge in [0.25, 0.3) is 0 Å². The largest absolute Gasteiger partial charge is 0.373 e. The van der Waals surface area contributed by atoms with E-state index in [4.69, 9.17) is 10.5 Å². The van der Waals surface area contributed by atoms with Crippen LogP contribution in [-0.2, 0) is 17.9 Å². The minimum Gasteiger partial charge on any atom is -0.373 e. The number of ether oxygens (including phenoxy) is 1. The summed E-state index contributed by atoms with van der Waals surface area (Å²) in [6, 6.07) is 6.24. The molecule has 0 aromatic heterocycles. The second kappa shape index (κ2) is 6.66. The molecule has 0 bridgehead atoms. The minimum atomic E-state index is 0.405. The summed E-state index contributed by atoms with van der Waals surface area (Å²) in [5.74, 6) is 0. The summed E-state index contributed by atoms with van der Waals surface area (Å²) in [4.78, 5) is 2.35. The summed E-state index contributed by atoms with van der Waals surface area (Å²) in [7, 11) is 2.17. The molecule has 0 amide bonds. The minimum absolute atomic E-state index is 0.405. The fourth-order valence-corrected chi connectivity index (χ4v) is 2.73. The zero-order valence-electron chi connectivity index (χ0n) is 10.9. The maximum Gasteiger partial charge on any atom is 0.0731 e. The third-order valence-electron chi connectivity index (χ3n) is 3.49. The van der Waals surface area contributed by atoms with E-state index in [1.807, 2.05) is 0 Å². The topological polar surface area (TPSA) is 38.5 Å². The van der Waals surface area contributed by atoms with Crippen LogP contribution in [0.15, 0.2) is 22.7 Å². The highest BCUT2D eigenvalue weighted by Gasteiger charge is 2.17. The van der Waals surface area contributed by atoms with Gasteiger partial charge in [-0.05, 0) is 37.1 Å². The predicted molar refractivity (Wildman–Crippen MR) is 77.3 cm³/mol. The summed E-state index contributed by atoms with van der Waals surface area (Å²) < 4.78 is 7.08. The molecule has 0 atom stereocenters. The maximum atomic E-state index is 5.98. The van der Waals surface area contributed by atoms with Crippen LogP contribution in [0.1, 0.15) is 24.0 Å². The number of piperidine rings is 1. The van der Waals surface area contributed by atoms with Gasteiger partial charge in [0, 0.05) is 24.1 Å². The van der Waals surface area contributed by atoms with Crippen LogP contribution >= 0.6 is 15.9 Å². The van der Waals surface area contributed by atoms with Crippen molar-refractivity contribution in [3.05, 3.63) is 33.8 Å². The Hall–Kier alpha value is -0.420. The SMILES string of the molecule is CN1CCC(OCc2ccc(CN)cc2Br)CC1. The van der Waals surface area contributed by atoms with Crippen molar-refractivity contribution in [3.63, 3.8) is 0 Å². The van der Waals surface area contributed by atoms with Gasteiger partial charge in [-0.1, -0.05) is 28.1 Å².